The molecule has 0 spiro atoms. The minimum atomic E-state index is -0.556. The standard InChI is InChI=1S/C18H22N6O3/c1-21-10-13(16(25)22(2)18(21)27)17(26)24-8-6-23(7-9-24)15-12-4-3-5-14(12)19-11-20-15/h10-11H,3-9H2,1-2H3. The molecule has 1 amide bonds. The van der Waals surface area contributed by atoms with Crippen LogP contribution in [0.15, 0.2) is 22.1 Å². The summed E-state index contributed by atoms with van der Waals surface area (Å²) >= 11 is 0. The van der Waals surface area contributed by atoms with Crippen molar-refractivity contribution >= 4 is 11.7 Å². The molecule has 0 aromatic carbocycles. The van der Waals surface area contributed by atoms with Crippen LogP contribution in [-0.4, -0.2) is 56.1 Å². The quantitative estimate of drug-likeness (QED) is 0.696. The zero-order valence-corrected chi connectivity index (χ0v) is 15.5. The van der Waals surface area contributed by atoms with Crippen molar-refractivity contribution in [2.45, 2.75) is 19.3 Å². The second kappa shape index (κ2) is 6.64. The van der Waals surface area contributed by atoms with Crippen molar-refractivity contribution in [2.24, 2.45) is 14.1 Å². The van der Waals surface area contributed by atoms with Gasteiger partial charge in [-0.25, -0.2) is 14.8 Å². The molecular weight excluding hydrogens is 348 g/mol. The highest BCUT2D eigenvalue weighted by Crippen LogP contribution is 2.28. The molecule has 1 fully saturated rings. The van der Waals surface area contributed by atoms with Crippen LogP contribution in [0.3, 0.4) is 0 Å². The van der Waals surface area contributed by atoms with Crippen molar-refractivity contribution < 1.29 is 4.79 Å². The molecule has 1 aliphatic carbocycles. The van der Waals surface area contributed by atoms with Gasteiger partial charge >= 0.3 is 5.69 Å². The van der Waals surface area contributed by atoms with Crippen molar-refractivity contribution in [3.63, 3.8) is 0 Å². The summed E-state index contributed by atoms with van der Waals surface area (Å²) < 4.78 is 2.22. The Morgan fingerprint density at radius 1 is 1.04 bits per heavy atom. The van der Waals surface area contributed by atoms with E-state index in [1.165, 1.54) is 30.4 Å². The molecular formula is C18H22N6O3. The largest absolute Gasteiger partial charge is 0.353 e. The van der Waals surface area contributed by atoms with Crippen LogP contribution in [0, 0.1) is 0 Å². The Labute approximate surface area is 155 Å². The number of amides is 1. The number of hydrogen-bond donors (Lipinski definition) is 0. The Balaban J connectivity index is 1.52. The van der Waals surface area contributed by atoms with E-state index in [1.807, 2.05) is 0 Å². The number of carbonyl (C=O) groups excluding carboxylic acids is 1. The summed E-state index contributed by atoms with van der Waals surface area (Å²) in [4.78, 5) is 49.6. The fourth-order valence-corrected chi connectivity index (χ4v) is 3.86. The minimum absolute atomic E-state index is 0.0241. The number of rotatable bonds is 2. The summed E-state index contributed by atoms with van der Waals surface area (Å²) in [5.74, 6) is 0.640. The maximum Gasteiger partial charge on any atom is 0.330 e. The third-order valence-electron chi connectivity index (χ3n) is 5.40. The Hall–Kier alpha value is -2.97. The van der Waals surface area contributed by atoms with E-state index in [1.54, 1.807) is 11.2 Å². The number of aryl methyl sites for hydroxylation is 2. The van der Waals surface area contributed by atoms with Crippen molar-refractivity contribution in [1.29, 1.82) is 0 Å². The summed E-state index contributed by atoms with van der Waals surface area (Å²) in [6, 6.07) is 0. The number of anilines is 1. The average molecular weight is 370 g/mol. The predicted molar refractivity (Wildman–Crippen MR) is 99.1 cm³/mol. The molecule has 0 unspecified atom stereocenters. The van der Waals surface area contributed by atoms with Crippen LogP contribution in [0.25, 0.3) is 0 Å². The fourth-order valence-electron chi connectivity index (χ4n) is 3.86. The molecule has 2 aliphatic rings. The van der Waals surface area contributed by atoms with Gasteiger partial charge in [-0.1, -0.05) is 0 Å². The molecule has 0 atom stereocenters. The Morgan fingerprint density at radius 2 is 1.78 bits per heavy atom. The average Bonchev–Trinajstić information content (AvgIpc) is 3.17. The molecule has 2 aromatic heterocycles. The lowest BCUT2D eigenvalue weighted by molar-refractivity contribution is 0.0742. The summed E-state index contributed by atoms with van der Waals surface area (Å²) in [6.45, 7) is 2.32. The molecule has 1 saturated heterocycles. The first-order valence-corrected chi connectivity index (χ1v) is 9.11. The third kappa shape index (κ3) is 2.92. The van der Waals surface area contributed by atoms with E-state index < -0.39 is 11.2 Å². The monoisotopic (exact) mass is 370 g/mol. The number of nitrogens with zero attached hydrogens (tertiary/aromatic N) is 6. The summed E-state index contributed by atoms with van der Waals surface area (Å²) in [5.41, 5.74) is 1.38. The first-order chi connectivity index (χ1) is 13.0. The lowest BCUT2D eigenvalue weighted by Crippen LogP contribution is -2.51. The van der Waals surface area contributed by atoms with Crippen molar-refractivity contribution in [3.05, 3.63) is 50.2 Å². The van der Waals surface area contributed by atoms with Gasteiger partial charge in [0, 0.05) is 57.7 Å². The van der Waals surface area contributed by atoms with Crippen molar-refractivity contribution in [1.82, 2.24) is 24.0 Å². The molecule has 0 saturated carbocycles. The Morgan fingerprint density at radius 3 is 2.52 bits per heavy atom. The molecule has 4 rings (SSSR count). The number of fused-ring (bicyclic) bond motifs is 1. The van der Waals surface area contributed by atoms with E-state index in [0.29, 0.717) is 26.2 Å². The summed E-state index contributed by atoms with van der Waals surface area (Å²) in [6.07, 6.45) is 6.05. The smallest absolute Gasteiger partial charge is 0.330 e. The number of carbonyl (C=O) groups is 1. The maximum absolute atomic E-state index is 12.8. The first-order valence-electron chi connectivity index (χ1n) is 9.11. The predicted octanol–water partition coefficient (Wildman–Crippen LogP) is -0.675. The molecule has 0 bridgehead atoms. The van der Waals surface area contributed by atoms with Crippen LogP contribution in [0.1, 0.15) is 28.0 Å². The summed E-state index contributed by atoms with van der Waals surface area (Å²) in [7, 11) is 2.92. The van der Waals surface area contributed by atoms with Crippen LogP contribution >= 0.6 is 0 Å². The molecule has 27 heavy (non-hydrogen) atoms. The zero-order valence-electron chi connectivity index (χ0n) is 15.5. The molecule has 3 heterocycles. The Kier molecular flexibility index (Phi) is 4.29. The fraction of sp³-hybridized carbons (Fsp3) is 0.500. The van der Waals surface area contributed by atoms with E-state index in [0.717, 1.165) is 35.3 Å². The molecule has 2 aromatic rings. The number of hydrogen-bond acceptors (Lipinski definition) is 6. The minimum Gasteiger partial charge on any atom is -0.353 e. The van der Waals surface area contributed by atoms with Crippen LogP contribution in [0.4, 0.5) is 5.82 Å². The highest BCUT2D eigenvalue weighted by atomic mass is 16.2. The second-order valence-corrected chi connectivity index (χ2v) is 7.06. The maximum atomic E-state index is 12.8. The third-order valence-corrected chi connectivity index (χ3v) is 5.40. The van der Waals surface area contributed by atoms with E-state index in [4.69, 9.17) is 0 Å². The van der Waals surface area contributed by atoms with Gasteiger partial charge < -0.3 is 14.4 Å². The molecule has 9 nitrogen and oxygen atoms in total. The van der Waals surface area contributed by atoms with Crippen molar-refractivity contribution in [3.8, 4) is 0 Å². The highest BCUT2D eigenvalue weighted by Gasteiger charge is 2.28. The van der Waals surface area contributed by atoms with Crippen LogP contribution in [-0.2, 0) is 26.9 Å². The molecule has 0 radical (unpaired) electrons. The van der Waals surface area contributed by atoms with Crippen LogP contribution in [0.5, 0.6) is 0 Å². The van der Waals surface area contributed by atoms with Gasteiger partial charge in [-0.05, 0) is 19.3 Å². The van der Waals surface area contributed by atoms with Gasteiger partial charge in [0.05, 0.1) is 0 Å². The van der Waals surface area contributed by atoms with Gasteiger partial charge in [0.15, 0.2) is 0 Å². The van der Waals surface area contributed by atoms with Gasteiger partial charge in [-0.15, -0.1) is 0 Å². The van der Waals surface area contributed by atoms with E-state index in [-0.39, 0.29) is 11.5 Å². The van der Waals surface area contributed by atoms with Crippen LogP contribution in [0.2, 0.25) is 0 Å². The number of piperazine rings is 1. The Bertz CT molecular complexity index is 1020. The normalized spacial score (nSPS) is 16.5. The van der Waals surface area contributed by atoms with Crippen molar-refractivity contribution in [2.75, 3.05) is 31.1 Å². The van der Waals surface area contributed by atoms with Gasteiger partial charge in [-0.2, -0.15) is 0 Å². The van der Waals surface area contributed by atoms with Gasteiger partial charge in [-0.3, -0.25) is 14.2 Å². The zero-order chi connectivity index (χ0) is 19.1. The lowest BCUT2D eigenvalue weighted by atomic mass is 10.2. The first kappa shape index (κ1) is 17.4. The van der Waals surface area contributed by atoms with E-state index in [2.05, 4.69) is 14.9 Å². The molecule has 0 N–H and O–H groups in total. The SMILES string of the molecule is Cn1cc(C(=O)N2CCN(c3ncnc4c3CCC4)CC2)c(=O)n(C)c1=O. The van der Waals surface area contributed by atoms with Gasteiger partial charge in [0.1, 0.15) is 17.7 Å². The van der Waals surface area contributed by atoms with Gasteiger partial charge in [0.2, 0.25) is 0 Å². The highest BCUT2D eigenvalue weighted by molar-refractivity contribution is 5.93. The van der Waals surface area contributed by atoms with Gasteiger partial charge in [0.25, 0.3) is 11.5 Å². The topological polar surface area (TPSA) is 93.3 Å². The number of aromatic nitrogens is 4. The molecule has 9 heteroatoms. The van der Waals surface area contributed by atoms with E-state index >= 15 is 0 Å². The van der Waals surface area contributed by atoms with Crippen LogP contribution < -0.4 is 16.1 Å². The molecule has 142 valence electrons. The van der Waals surface area contributed by atoms with E-state index in [9.17, 15) is 14.4 Å². The summed E-state index contributed by atoms with van der Waals surface area (Å²) in [5, 5.41) is 0. The molecule has 1 aliphatic heterocycles. The second-order valence-electron chi connectivity index (χ2n) is 7.06. The lowest BCUT2D eigenvalue weighted by Gasteiger charge is -2.36.